The van der Waals surface area contributed by atoms with Gasteiger partial charge in [0.1, 0.15) is 0 Å². The Morgan fingerprint density at radius 3 is 2.60 bits per heavy atom. The van der Waals surface area contributed by atoms with Gasteiger partial charge in [0.25, 0.3) is 0 Å². The van der Waals surface area contributed by atoms with Crippen LogP contribution in [0.2, 0.25) is 0 Å². The van der Waals surface area contributed by atoms with E-state index in [2.05, 4.69) is 26.1 Å². The molecule has 0 aliphatic carbocycles. The van der Waals surface area contributed by atoms with Crippen LogP contribution in [0.25, 0.3) is 5.65 Å². The molecule has 0 spiro atoms. The first kappa shape index (κ1) is 10.2. The fourth-order valence-electron chi connectivity index (χ4n) is 1.17. The van der Waals surface area contributed by atoms with Crippen LogP contribution in [0.15, 0.2) is 16.7 Å². The normalized spacial score (nSPS) is 12.3. The van der Waals surface area contributed by atoms with Crippen LogP contribution in [-0.4, -0.2) is 14.6 Å². The van der Waals surface area contributed by atoms with E-state index in [1.165, 1.54) is 6.07 Å². The second-order valence-corrected chi connectivity index (χ2v) is 3.69. The van der Waals surface area contributed by atoms with Crippen molar-refractivity contribution in [1.29, 1.82) is 0 Å². The molecule has 0 aliphatic rings. The summed E-state index contributed by atoms with van der Waals surface area (Å²) in [6.07, 6.45) is -3.42. The highest BCUT2D eigenvalue weighted by Gasteiger charge is 2.37. The van der Waals surface area contributed by atoms with Crippen molar-refractivity contribution in [2.75, 3.05) is 5.73 Å². The maximum atomic E-state index is 12.4. The van der Waals surface area contributed by atoms with Crippen LogP contribution in [0.5, 0.6) is 0 Å². The molecule has 0 aromatic carbocycles. The van der Waals surface area contributed by atoms with Gasteiger partial charge in [-0.2, -0.15) is 13.2 Å². The Labute approximate surface area is 90.0 Å². The number of pyridine rings is 1. The lowest BCUT2D eigenvalue weighted by Gasteiger charge is -2.04. The van der Waals surface area contributed by atoms with Crippen LogP contribution in [-0.2, 0) is 6.18 Å². The molecule has 2 aromatic heterocycles. The van der Waals surface area contributed by atoms with Crippen molar-refractivity contribution < 1.29 is 13.2 Å². The molecule has 15 heavy (non-hydrogen) atoms. The summed E-state index contributed by atoms with van der Waals surface area (Å²) in [5, 5.41) is 6.49. The van der Waals surface area contributed by atoms with Crippen LogP contribution in [0.3, 0.4) is 0 Å². The summed E-state index contributed by atoms with van der Waals surface area (Å²) in [6, 6.07) is 1.46. The van der Waals surface area contributed by atoms with Crippen LogP contribution < -0.4 is 5.73 Å². The second kappa shape index (κ2) is 3.09. The molecule has 2 heterocycles. The van der Waals surface area contributed by atoms with E-state index in [0.29, 0.717) is 4.47 Å². The fraction of sp³-hybridized carbons (Fsp3) is 0.143. The van der Waals surface area contributed by atoms with Crippen molar-refractivity contribution in [2.24, 2.45) is 0 Å². The predicted molar refractivity (Wildman–Crippen MR) is 50.1 cm³/mol. The van der Waals surface area contributed by atoms with E-state index in [9.17, 15) is 13.2 Å². The summed E-state index contributed by atoms with van der Waals surface area (Å²) >= 11 is 3.06. The van der Waals surface area contributed by atoms with Gasteiger partial charge in [-0.05, 0) is 22.0 Å². The van der Waals surface area contributed by atoms with Gasteiger partial charge in [0.15, 0.2) is 5.65 Å². The first-order valence-electron chi connectivity index (χ1n) is 3.76. The molecule has 0 atom stereocenters. The summed E-state index contributed by atoms with van der Waals surface area (Å²) in [5.41, 5.74) is 5.70. The average molecular weight is 281 g/mol. The topological polar surface area (TPSA) is 56.2 Å². The third kappa shape index (κ3) is 1.65. The largest absolute Gasteiger partial charge is 0.452 e. The smallest absolute Gasteiger partial charge is 0.397 e. The Balaban J connectivity index is 2.80. The zero-order valence-electron chi connectivity index (χ0n) is 7.09. The predicted octanol–water partition coefficient (Wildman–Crippen LogP) is 2.09. The average Bonchev–Trinajstić information content (AvgIpc) is 2.45. The SMILES string of the molecule is Nc1cc(Br)c2nnc(C(F)(F)F)n2c1. The van der Waals surface area contributed by atoms with Gasteiger partial charge >= 0.3 is 6.18 Å². The number of hydrogen-bond acceptors (Lipinski definition) is 3. The standard InChI is InChI=1S/C7H4BrF3N4/c8-4-1-3(12)2-15-5(4)13-14-6(15)7(9,10)11/h1-2H,12H2. The van der Waals surface area contributed by atoms with Crippen molar-refractivity contribution >= 4 is 27.3 Å². The van der Waals surface area contributed by atoms with E-state index in [-0.39, 0.29) is 11.3 Å². The van der Waals surface area contributed by atoms with Crippen molar-refractivity contribution in [3.63, 3.8) is 0 Å². The van der Waals surface area contributed by atoms with Gasteiger partial charge in [0.2, 0.25) is 5.82 Å². The van der Waals surface area contributed by atoms with Crippen molar-refractivity contribution in [2.45, 2.75) is 6.18 Å². The second-order valence-electron chi connectivity index (χ2n) is 2.84. The molecule has 0 unspecified atom stereocenters. The highest BCUT2D eigenvalue weighted by molar-refractivity contribution is 9.10. The lowest BCUT2D eigenvalue weighted by Crippen LogP contribution is -2.11. The molecule has 0 saturated heterocycles. The monoisotopic (exact) mass is 280 g/mol. The third-order valence-electron chi connectivity index (χ3n) is 1.73. The minimum atomic E-state index is -4.55. The van der Waals surface area contributed by atoms with E-state index in [0.717, 1.165) is 10.6 Å². The molecule has 0 fully saturated rings. The van der Waals surface area contributed by atoms with Gasteiger partial charge in [0.05, 0.1) is 4.47 Å². The number of nitrogens with two attached hydrogens (primary N) is 1. The number of anilines is 1. The first-order valence-corrected chi connectivity index (χ1v) is 4.56. The van der Waals surface area contributed by atoms with Crippen LogP contribution >= 0.6 is 15.9 Å². The lowest BCUT2D eigenvalue weighted by molar-refractivity contribution is -0.145. The van der Waals surface area contributed by atoms with Gasteiger partial charge in [-0.1, -0.05) is 0 Å². The Bertz CT molecular complexity index is 519. The van der Waals surface area contributed by atoms with Crippen molar-refractivity contribution in [3.05, 3.63) is 22.6 Å². The Morgan fingerprint density at radius 1 is 1.33 bits per heavy atom. The number of fused-ring (bicyclic) bond motifs is 1. The molecule has 2 aromatic rings. The molecule has 0 bridgehead atoms. The molecule has 0 amide bonds. The van der Waals surface area contributed by atoms with Gasteiger partial charge in [0, 0.05) is 11.9 Å². The molecule has 2 rings (SSSR count). The van der Waals surface area contributed by atoms with Gasteiger partial charge in [-0.3, -0.25) is 4.40 Å². The van der Waals surface area contributed by atoms with Gasteiger partial charge in [-0.25, -0.2) is 0 Å². The molecule has 80 valence electrons. The number of nitrogens with zero attached hydrogens (tertiary/aromatic N) is 3. The summed E-state index contributed by atoms with van der Waals surface area (Å²) in [5.74, 6) is -1.09. The molecule has 8 heteroatoms. The highest BCUT2D eigenvalue weighted by atomic mass is 79.9. The number of rotatable bonds is 0. The Kier molecular flexibility index (Phi) is 2.10. The molecule has 0 saturated carbocycles. The number of aromatic nitrogens is 3. The van der Waals surface area contributed by atoms with Gasteiger partial charge in [-0.15, -0.1) is 10.2 Å². The first-order chi connectivity index (χ1) is 6.89. The molecule has 0 aliphatic heterocycles. The van der Waals surface area contributed by atoms with E-state index < -0.39 is 12.0 Å². The molecular weight excluding hydrogens is 277 g/mol. The van der Waals surface area contributed by atoms with E-state index in [4.69, 9.17) is 5.73 Å². The minimum absolute atomic E-state index is 0.0801. The summed E-state index contributed by atoms with van der Waals surface area (Å²) < 4.78 is 38.5. The Hall–Kier alpha value is -1.31. The highest BCUT2D eigenvalue weighted by Crippen LogP contribution is 2.30. The van der Waals surface area contributed by atoms with E-state index in [1.54, 1.807) is 0 Å². The minimum Gasteiger partial charge on any atom is -0.397 e. The number of hydrogen-bond donors (Lipinski definition) is 1. The quantitative estimate of drug-likeness (QED) is 0.804. The fourth-order valence-corrected chi connectivity index (χ4v) is 1.70. The molecule has 4 nitrogen and oxygen atoms in total. The lowest BCUT2D eigenvalue weighted by atomic mass is 10.4. The van der Waals surface area contributed by atoms with Gasteiger partial charge < -0.3 is 5.73 Å². The van der Waals surface area contributed by atoms with Crippen LogP contribution in [0.1, 0.15) is 5.82 Å². The van der Waals surface area contributed by atoms with Crippen LogP contribution in [0, 0.1) is 0 Å². The van der Waals surface area contributed by atoms with E-state index >= 15 is 0 Å². The zero-order valence-corrected chi connectivity index (χ0v) is 8.67. The molecule has 2 N–H and O–H groups in total. The third-order valence-corrected chi connectivity index (χ3v) is 2.32. The zero-order chi connectivity index (χ0) is 11.2. The maximum Gasteiger partial charge on any atom is 0.452 e. The molecular formula is C7H4BrF3N4. The number of nitrogen functional groups attached to an aromatic ring is 1. The summed E-state index contributed by atoms with van der Waals surface area (Å²) in [7, 11) is 0. The van der Waals surface area contributed by atoms with Crippen molar-refractivity contribution in [3.8, 4) is 0 Å². The summed E-state index contributed by atoms with van der Waals surface area (Å²) in [4.78, 5) is 0. The van der Waals surface area contributed by atoms with Crippen molar-refractivity contribution in [1.82, 2.24) is 14.6 Å². The van der Waals surface area contributed by atoms with E-state index in [1.807, 2.05) is 0 Å². The Morgan fingerprint density at radius 2 is 2.00 bits per heavy atom. The maximum absolute atomic E-state index is 12.4. The molecule has 0 radical (unpaired) electrons. The van der Waals surface area contributed by atoms with Crippen LogP contribution in [0.4, 0.5) is 18.9 Å². The number of halogens is 4. The summed E-state index contributed by atoms with van der Waals surface area (Å²) in [6.45, 7) is 0. The number of alkyl halides is 3.